The third-order valence-electron chi connectivity index (χ3n) is 3.78. The van der Waals surface area contributed by atoms with Gasteiger partial charge in [-0.15, -0.1) is 0 Å². The maximum atomic E-state index is 13.5. The molecule has 0 spiro atoms. The van der Waals surface area contributed by atoms with Crippen molar-refractivity contribution in [2.75, 3.05) is 27.3 Å². The van der Waals surface area contributed by atoms with Crippen LogP contribution in [0.3, 0.4) is 0 Å². The van der Waals surface area contributed by atoms with E-state index < -0.39 is 29.4 Å². The van der Waals surface area contributed by atoms with Crippen LogP contribution in [-0.4, -0.2) is 48.3 Å². The molecule has 1 aromatic carbocycles. The number of rotatable bonds is 8. The molecular formula is C18H19Cl2F3N5O3P. The molecule has 8 nitrogen and oxygen atoms in total. The Balaban J connectivity index is 2.93. The second-order valence-electron chi connectivity index (χ2n) is 6.37. The monoisotopic (exact) mass is 511 g/mol. The molecule has 0 saturated heterocycles. The number of aliphatic imine (C=N–C) groups is 1. The van der Waals surface area contributed by atoms with Gasteiger partial charge in [-0.3, -0.25) is 4.57 Å². The summed E-state index contributed by atoms with van der Waals surface area (Å²) in [5, 5.41) is 12.6. The predicted octanol–water partition coefficient (Wildman–Crippen LogP) is 5.18. The third-order valence-corrected chi connectivity index (χ3v) is 6.51. The van der Waals surface area contributed by atoms with E-state index in [1.54, 1.807) is 34.0 Å². The molecule has 1 aromatic heterocycles. The fourth-order valence-electron chi connectivity index (χ4n) is 2.61. The average Bonchev–Trinajstić information content (AvgIpc) is 3.04. The van der Waals surface area contributed by atoms with Gasteiger partial charge in [0, 0.05) is 14.1 Å². The Morgan fingerprint density at radius 3 is 2.19 bits per heavy atom. The first kappa shape index (κ1) is 26.2. The van der Waals surface area contributed by atoms with Crippen LogP contribution in [0.2, 0.25) is 10.0 Å². The second kappa shape index (κ2) is 10.2. The minimum atomic E-state index is -4.69. The lowest BCUT2D eigenvalue weighted by molar-refractivity contribution is -0.137. The highest BCUT2D eigenvalue weighted by Crippen LogP contribution is 2.51. The van der Waals surface area contributed by atoms with Crippen molar-refractivity contribution in [3.8, 4) is 11.8 Å². The lowest BCUT2D eigenvalue weighted by Gasteiger charge is -2.17. The van der Waals surface area contributed by atoms with E-state index in [0.717, 1.165) is 4.68 Å². The molecule has 0 atom stereocenters. The Hall–Kier alpha value is -2.09. The van der Waals surface area contributed by atoms with Crippen LogP contribution in [0.1, 0.15) is 25.1 Å². The van der Waals surface area contributed by atoms with Crippen molar-refractivity contribution >= 4 is 48.3 Å². The van der Waals surface area contributed by atoms with Crippen LogP contribution in [0.4, 0.5) is 19.0 Å². The molecule has 0 radical (unpaired) electrons. The van der Waals surface area contributed by atoms with Gasteiger partial charge in [0.05, 0.1) is 35.2 Å². The first-order valence-corrected chi connectivity index (χ1v) is 11.4. The quantitative estimate of drug-likeness (QED) is 0.275. The largest absolute Gasteiger partial charge is 0.416 e. The summed E-state index contributed by atoms with van der Waals surface area (Å²) in [4.78, 5) is 5.75. The van der Waals surface area contributed by atoms with Crippen molar-refractivity contribution in [1.29, 1.82) is 5.26 Å². The zero-order chi connectivity index (χ0) is 24.3. The summed E-state index contributed by atoms with van der Waals surface area (Å²) in [7, 11) is -0.792. The van der Waals surface area contributed by atoms with Crippen molar-refractivity contribution in [2.24, 2.45) is 4.99 Å². The zero-order valence-corrected chi connectivity index (χ0v) is 19.9. The van der Waals surface area contributed by atoms with Crippen molar-refractivity contribution in [3.63, 3.8) is 0 Å². The number of halogens is 5. The van der Waals surface area contributed by atoms with Gasteiger partial charge in [-0.25, -0.2) is 9.67 Å². The summed E-state index contributed by atoms with van der Waals surface area (Å²) >= 11 is 12.3. The first-order valence-electron chi connectivity index (χ1n) is 9.09. The predicted molar refractivity (Wildman–Crippen MR) is 116 cm³/mol. The molecule has 0 aliphatic rings. The number of benzene rings is 1. The normalized spacial score (nSPS) is 12.4. The molecule has 2 rings (SSSR count). The second-order valence-corrected chi connectivity index (χ2v) is 9.14. The zero-order valence-electron chi connectivity index (χ0n) is 17.4. The maximum absolute atomic E-state index is 13.5. The Bertz CT molecular complexity index is 1080. The summed E-state index contributed by atoms with van der Waals surface area (Å²) in [6, 6.07) is 3.13. The van der Waals surface area contributed by atoms with Gasteiger partial charge < -0.3 is 13.9 Å². The molecule has 1 heterocycles. The van der Waals surface area contributed by atoms with Gasteiger partial charge in [-0.2, -0.15) is 23.5 Å². The van der Waals surface area contributed by atoms with Crippen LogP contribution in [0.5, 0.6) is 0 Å². The molecule has 0 fully saturated rings. The summed E-state index contributed by atoms with van der Waals surface area (Å²) in [5.74, 6) is -0.191. The van der Waals surface area contributed by atoms with E-state index in [4.69, 9.17) is 32.2 Å². The Kier molecular flexibility index (Phi) is 8.37. The van der Waals surface area contributed by atoms with Gasteiger partial charge in [-0.1, -0.05) is 23.2 Å². The fourth-order valence-corrected chi connectivity index (χ4v) is 5.02. The van der Waals surface area contributed by atoms with Crippen LogP contribution in [0.25, 0.3) is 5.69 Å². The fraction of sp³-hybridized carbons (Fsp3) is 0.389. The lowest BCUT2D eigenvalue weighted by atomic mass is 10.2. The van der Waals surface area contributed by atoms with Crippen LogP contribution in [0.15, 0.2) is 17.1 Å². The average molecular weight is 512 g/mol. The third kappa shape index (κ3) is 5.45. The first-order chi connectivity index (χ1) is 14.9. The molecule has 32 heavy (non-hydrogen) atoms. The van der Waals surface area contributed by atoms with Gasteiger partial charge in [0.15, 0.2) is 11.5 Å². The molecule has 0 aliphatic carbocycles. The summed E-state index contributed by atoms with van der Waals surface area (Å²) in [6.07, 6.45) is -3.38. The van der Waals surface area contributed by atoms with E-state index >= 15 is 0 Å². The molecule has 0 bridgehead atoms. The highest BCUT2D eigenvalue weighted by atomic mass is 35.5. The van der Waals surface area contributed by atoms with E-state index in [0.29, 0.717) is 12.1 Å². The van der Waals surface area contributed by atoms with Crippen molar-refractivity contribution < 1.29 is 26.8 Å². The molecule has 2 aromatic rings. The smallest absolute Gasteiger partial charge is 0.369 e. The molecular weight excluding hydrogens is 493 g/mol. The number of nitriles is 1. The van der Waals surface area contributed by atoms with Crippen LogP contribution < -0.4 is 5.30 Å². The number of nitrogens with zero attached hydrogens (tertiary/aromatic N) is 5. The summed E-state index contributed by atoms with van der Waals surface area (Å²) in [6.45, 7) is 3.11. The van der Waals surface area contributed by atoms with Gasteiger partial charge >= 0.3 is 13.8 Å². The molecule has 0 N–H and O–H groups in total. The Morgan fingerprint density at radius 2 is 1.78 bits per heavy atom. The maximum Gasteiger partial charge on any atom is 0.416 e. The van der Waals surface area contributed by atoms with Gasteiger partial charge in [0.1, 0.15) is 17.1 Å². The number of aromatic nitrogens is 2. The molecule has 14 heteroatoms. The summed E-state index contributed by atoms with van der Waals surface area (Å²) < 4.78 is 64.6. The summed E-state index contributed by atoms with van der Waals surface area (Å²) in [5.41, 5.74) is -1.63. The molecule has 0 unspecified atom stereocenters. The van der Waals surface area contributed by atoms with Gasteiger partial charge in [-0.05, 0) is 26.0 Å². The van der Waals surface area contributed by atoms with Gasteiger partial charge in [0.2, 0.25) is 0 Å². The van der Waals surface area contributed by atoms with Crippen molar-refractivity contribution in [1.82, 2.24) is 14.7 Å². The van der Waals surface area contributed by atoms with Crippen molar-refractivity contribution in [3.05, 3.63) is 33.4 Å². The Labute approximate surface area is 192 Å². The van der Waals surface area contributed by atoms with E-state index in [9.17, 15) is 23.0 Å². The highest BCUT2D eigenvalue weighted by molar-refractivity contribution is 7.62. The topological polar surface area (TPSA) is 92.7 Å². The van der Waals surface area contributed by atoms with Crippen molar-refractivity contribution in [2.45, 2.75) is 20.0 Å². The number of alkyl halides is 3. The molecule has 0 saturated carbocycles. The van der Waals surface area contributed by atoms with E-state index in [1.165, 1.54) is 11.2 Å². The minimum Gasteiger partial charge on any atom is -0.369 e. The van der Waals surface area contributed by atoms with E-state index in [1.807, 2.05) is 0 Å². The van der Waals surface area contributed by atoms with Crippen LogP contribution >= 0.6 is 30.8 Å². The molecule has 0 aliphatic heterocycles. The SMILES string of the molecule is CCOP(=O)(OCC)c1c(C#N)nn(-c2c(Cl)cc(C(F)(F)F)cc2Cl)c1N=CN(C)C. The molecule has 174 valence electrons. The molecule has 0 amide bonds. The standard InChI is InChI=1S/C18H19Cl2F3N5O3P/c1-5-30-32(29,31-6-2)16-14(9-24)26-28(17(16)25-10-27(3)4)15-12(19)7-11(8-13(15)20)18(21,22)23/h7-8,10H,5-6H2,1-4H3. The van der Waals surface area contributed by atoms with Crippen LogP contribution in [0, 0.1) is 11.3 Å². The highest BCUT2D eigenvalue weighted by Gasteiger charge is 2.39. The van der Waals surface area contributed by atoms with Crippen LogP contribution in [-0.2, 0) is 19.8 Å². The Morgan fingerprint density at radius 1 is 1.25 bits per heavy atom. The van der Waals surface area contributed by atoms with Gasteiger partial charge in [0.25, 0.3) is 0 Å². The number of hydrogen-bond donors (Lipinski definition) is 0. The van der Waals surface area contributed by atoms with E-state index in [-0.39, 0.29) is 35.7 Å². The minimum absolute atomic E-state index is 0.0219. The lowest BCUT2D eigenvalue weighted by Crippen LogP contribution is -2.15. The van der Waals surface area contributed by atoms with E-state index in [2.05, 4.69) is 10.1 Å². The number of hydrogen-bond acceptors (Lipinski definition) is 6.